The minimum Gasteiger partial charge on any atom is -0.395 e. The standard InChI is InChI=1S/C12H27NOS/c1-4-8-13-12(5-2)7-6-9-15-11(3)10-14/h11-14H,4-10H2,1-3H3. The minimum absolute atomic E-state index is 0.302. The van der Waals surface area contributed by atoms with Gasteiger partial charge in [-0.25, -0.2) is 0 Å². The van der Waals surface area contributed by atoms with Crippen molar-refractivity contribution in [2.45, 2.75) is 57.7 Å². The summed E-state index contributed by atoms with van der Waals surface area (Å²) in [5, 5.41) is 12.8. The van der Waals surface area contributed by atoms with E-state index < -0.39 is 0 Å². The van der Waals surface area contributed by atoms with Gasteiger partial charge in [-0.15, -0.1) is 0 Å². The van der Waals surface area contributed by atoms with Gasteiger partial charge in [0.05, 0.1) is 6.61 Å². The van der Waals surface area contributed by atoms with Gasteiger partial charge in [-0.1, -0.05) is 20.8 Å². The summed E-state index contributed by atoms with van der Waals surface area (Å²) in [6.45, 7) is 7.97. The molecule has 0 aromatic carbocycles. The van der Waals surface area contributed by atoms with Crippen molar-refractivity contribution in [3.8, 4) is 0 Å². The highest BCUT2D eigenvalue weighted by molar-refractivity contribution is 7.99. The normalized spacial score (nSPS) is 15.2. The molecule has 0 heterocycles. The summed E-state index contributed by atoms with van der Waals surface area (Å²) in [5.41, 5.74) is 0. The number of aliphatic hydroxyl groups excluding tert-OH is 1. The fourth-order valence-electron chi connectivity index (χ4n) is 1.47. The molecule has 0 aliphatic heterocycles. The zero-order chi connectivity index (χ0) is 11.5. The van der Waals surface area contributed by atoms with Crippen LogP contribution in [0, 0.1) is 0 Å². The van der Waals surface area contributed by atoms with Gasteiger partial charge < -0.3 is 10.4 Å². The van der Waals surface area contributed by atoms with Gasteiger partial charge in [0.15, 0.2) is 0 Å². The van der Waals surface area contributed by atoms with Gasteiger partial charge >= 0.3 is 0 Å². The lowest BCUT2D eigenvalue weighted by Gasteiger charge is -2.16. The van der Waals surface area contributed by atoms with Crippen molar-refractivity contribution in [1.82, 2.24) is 5.32 Å². The second-order valence-electron chi connectivity index (χ2n) is 4.07. The summed E-state index contributed by atoms with van der Waals surface area (Å²) in [6.07, 6.45) is 4.96. The van der Waals surface area contributed by atoms with Crippen molar-refractivity contribution in [3.05, 3.63) is 0 Å². The highest BCUT2D eigenvalue weighted by Crippen LogP contribution is 2.13. The van der Waals surface area contributed by atoms with Gasteiger partial charge in [0.25, 0.3) is 0 Å². The molecule has 0 bridgehead atoms. The maximum Gasteiger partial charge on any atom is 0.0547 e. The van der Waals surface area contributed by atoms with E-state index in [0.29, 0.717) is 17.9 Å². The fraction of sp³-hybridized carbons (Fsp3) is 1.00. The molecule has 0 spiro atoms. The van der Waals surface area contributed by atoms with E-state index in [-0.39, 0.29) is 0 Å². The van der Waals surface area contributed by atoms with Crippen LogP contribution in [0.1, 0.15) is 46.5 Å². The molecule has 92 valence electrons. The molecule has 2 atom stereocenters. The summed E-state index contributed by atoms with van der Waals surface area (Å²) in [7, 11) is 0. The zero-order valence-electron chi connectivity index (χ0n) is 10.5. The predicted octanol–water partition coefficient (Wildman–Crippen LogP) is 2.66. The minimum atomic E-state index is 0.302. The predicted molar refractivity (Wildman–Crippen MR) is 70.6 cm³/mol. The third-order valence-corrected chi connectivity index (χ3v) is 3.77. The van der Waals surface area contributed by atoms with Gasteiger partial charge in [0, 0.05) is 11.3 Å². The maximum absolute atomic E-state index is 8.87. The number of aliphatic hydroxyl groups is 1. The third kappa shape index (κ3) is 9.21. The molecule has 2 nitrogen and oxygen atoms in total. The Bertz CT molecular complexity index is 133. The molecule has 0 saturated heterocycles. The first-order valence-electron chi connectivity index (χ1n) is 6.20. The van der Waals surface area contributed by atoms with Crippen molar-refractivity contribution in [2.24, 2.45) is 0 Å². The molecule has 0 aliphatic carbocycles. The second kappa shape index (κ2) is 10.8. The van der Waals surface area contributed by atoms with Crippen LogP contribution >= 0.6 is 11.8 Å². The van der Waals surface area contributed by atoms with Crippen molar-refractivity contribution in [3.63, 3.8) is 0 Å². The average molecular weight is 233 g/mol. The molecular weight excluding hydrogens is 206 g/mol. The molecule has 0 aliphatic rings. The second-order valence-corrected chi connectivity index (χ2v) is 5.61. The fourth-order valence-corrected chi connectivity index (χ4v) is 2.31. The summed E-state index contributed by atoms with van der Waals surface area (Å²) in [5.74, 6) is 1.17. The Morgan fingerprint density at radius 3 is 2.60 bits per heavy atom. The van der Waals surface area contributed by atoms with Crippen LogP contribution in [0.25, 0.3) is 0 Å². The van der Waals surface area contributed by atoms with E-state index in [2.05, 4.69) is 26.1 Å². The van der Waals surface area contributed by atoms with Gasteiger partial charge in [0.2, 0.25) is 0 Å². The maximum atomic E-state index is 8.87. The van der Waals surface area contributed by atoms with Crippen LogP contribution in [0.3, 0.4) is 0 Å². The van der Waals surface area contributed by atoms with E-state index in [4.69, 9.17) is 5.11 Å². The molecule has 0 aromatic heterocycles. The number of hydrogen-bond acceptors (Lipinski definition) is 3. The number of thioether (sulfide) groups is 1. The van der Waals surface area contributed by atoms with E-state index in [0.717, 1.165) is 6.54 Å². The third-order valence-electron chi connectivity index (χ3n) is 2.53. The number of rotatable bonds is 10. The Labute approximate surface area is 99.2 Å². The lowest BCUT2D eigenvalue weighted by atomic mass is 10.1. The van der Waals surface area contributed by atoms with E-state index in [1.807, 2.05) is 11.8 Å². The van der Waals surface area contributed by atoms with Crippen molar-refractivity contribution >= 4 is 11.8 Å². The molecule has 15 heavy (non-hydrogen) atoms. The Hall–Kier alpha value is 0.270. The van der Waals surface area contributed by atoms with Crippen molar-refractivity contribution < 1.29 is 5.11 Å². The van der Waals surface area contributed by atoms with Gasteiger partial charge in [-0.05, 0) is 38.0 Å². The highest BCUT2D eigenvalue weighted by atomic mass is 32.2. The van der Waals surface area contributed by atoms with Gasteiger partial charge in [0.1, 0.15) is 0 Å². The summed E-state index contributed by atoms with van der Waals surface area (Å²) < 4.78 is 0. The molecule has 0 saturated carbocycles. The molecular formula is C12H27NOS. The summed E-state index contributed by atoms with van der Waals surface area (Å²) in [4.78, 5) is 0. The number of hydrogen-bond donors (Lipinski definition) is 2. The molecule has 2 unspecified atom stereocenters. The lowest BCUT2D eigenvalue weighted by molar-refractivity contribution is 0.300. The Morgan fingerprint density at radius 1 is 1.33 bits per heavy atom. The van der Waals surface area contributed by atoms with E-state index in [1.165, 1.54) is 31.4 Å². The molecule has 0 fully saturated rings. The first kappa shape index (κ1) is 15.3. The van der Waals surface area contributed by atoms with E-state index >= 15 is 0 Å². The average Bonchev–Trinajstić information content (AvgIpc) is 2.27. The van der Waals surface area contributed by atoms with Gasteiger partial charge in [-0.3, -0.25) is 0 Å². The number of nitrogens with one attached hydrogen (secondary N) is 1. The van der Waals surface area contributed by atoms with Gasteiger partial charge in [-0.2, -0.15) is 11.8 Å². The van der Waals surface area contributed by atoms with Crippen LogP contribution < -0.4 is 5.32 Å². The quantitative estimate of drug-likeness (QED) is 0.569. The molecule has 0 rings (SSSR count). The molecule has 0 radical (unpaired) electrons. The molecule has 0 amide bonds. The van der Waals surface area contributed by atoms with Crippen molar-refractivity contribution in [2.75, 3.05) is 18.9 Å². The van der Waals surface area contributed by atoms with Crippen LogP contribution in [-0.4, -0.2) is 35.3 Å². The molecule has 3 heteroatoms. The largest absolute Gasteiger partial charge is 0.395 e. The van der Waals surface area contributed by atoms with Crippen LogP contribution in [0.15, 0.2) is 0 Å². The van der Waals surface area contributed by atoms with Crippen LogP contribution in [0.4, 0.5) is 0 Å². The molecule has 0 aromatic rings. The molecule has 2 N–H and O–H groups in total. The topological polar surface area (TPSA) is 32.3 Å². The van der Waals surface area contributed by atoms with Crippen LogP contribution in [0.5, 0.6) is 0 Å². The first-order chi connectivity index (χ1) is 7.24. The SMILES string of the molecule is CCCNC(CC)CCCSC(C)CO. The van der Waals surface area contributed by atoms with Crippen LogP contribution in [-0.2, 0) is 0 Å². The first-order valence-corrected chi connectivity index (χ1v) is 7.25. The Balaban J connectivity index is 3.37. The lowest BCUT2D eigenvalue weighted by Crippen LogP contribution is -2.29. The summed E-state index contributed by atoms with van der Waals surface area (Å²) in [6, 6.07) is 0.690. The van der Waals surface area contributed by atoms with Crippen LogP contribution in [0.2, 0.25) is 0 Å². The monoisotopic (exact) mass is 233 g/mol. The summed E-state index contributed by atoms with van der Waals surface area (Å²) >= 11 is 1.87. The Kier molecular flexibility index (Phi) is 11.0. The Morgan fingerprint density at radius 2 is 2.07 bits per heavy atom. The smallest absolute Gasteiger partial charge is 0.0547 e. The van der Waals surface area contributed by atoms with E-state index in [9.17, 15) is 0 Å². The zero-order valence-corrected chi connectivity index (χ0v) is 11.3. The van der Waals surface area contributed by atoms with E-state index in [1.54, 1.807) is 0 Å². The highest BCUT2D eigenvalue weighted by Gasteiger charge is 2.05. The van der Waals surface area contributed by atoms with Crippen molar-refractivity contribution in [1.29, 1.82) is 0 Å².